The monoisotopic (exact) mass is 368 g/mol. The highest BCUT2D eigenvalue weighted by Gasteiger charge is 2.20. The van der Waals surface area contributed by atoms with Gasteiger partial charge in [-0.25, -0.2) is 0 Å². The van der Waals surface area contributed by atoms with Gasteiger partial charge in [-0.15, -0.1) is 0 Å². The number of fused-ring (bicyclic) bond motifs is 1. The number of carbonyl (C=O) groups is 1. The molecule has 3 aromatic rings. The third-order valence-electron chi connectivity index (χ3n) is 4.55. The lowest BCUT2D eigenvalue weighted by molar-refractivity contribution is 0.0911. The number of nitrogens with one attached hydrogen (secondary N) is 1. The number of benzene rings is 1. The van der Waals surface area contributed by atoms with Crippen LogP contribution in [-0.2, 0) is 0 Å². The highest BCUT2D eigenvalue weighted by molar-refractivity contribution is 5.93. The Kier molecular flexibility index (Phi) is 5.19. The van der Waals surface area contributed by atoms with Crippen LogP contribution in [0.15, 0.2) is 44.0 Å². The topological polar surface area (TPSA) is 75.7 Å². The number of hydrogen-bond donors (Lipinski definition) is 1. The SMILES string of the molecule is Cc1cc(C)c2oc(C(=O)NC[C@@H](c3ccc(C)o3)N(C)C)cc(=O)c2c1. The number of amides is 1. The molecule has 2 heterocycles. The summed E-state index contributed by atoms with van der Waals surface area (Å²) in [7, 11) is 3.83. The zero-order chi connectivity index (χ0) is 19.7. The predicted molar refractivity (Wildman–Crippen MR) is 104 cm³/mol. The minimum Gasteiger partial charge on any atom is -0.465 e. The number of likely N-dealkylation sites (N-methyl/N-ethyl adjacent to an activating group) is 1. The third kappa shape index (κ3) is 3.95. The van der Waals surface area contributed by atoms with E-state index in [0.717, 1.165) is 22.6 Å². The molecule has 0 unspecified atom stereocenters. The van der Waals surface area contributed by atoms with Crippen molar-refractivity contribution in [1.29, 1.82) is 0 Å². The number of nitrogens with zero attached hydrogens (tertiary/aromatic N) is 1. The van der Waals surface area contributed by atoms with Gasteiger partial charge in [0.2, 0.25) is 0 Å². The minimum atomic E-state index is -0.427. The first-order valence-corrected chi connectivity index (χ1v) is 8.82. The smallest absolute Gasteiger partial charge is 0.287 e. The molecule has 0 bridgehead atoms. The molecule has 0 saturated carbocycles. The van der Waals surface area contributed by atoms with Crippen molar-refractivity contribution in [2.24, 2.45) is 0 Å². The Bertz CT molecular complexity index is 1050. The standard InChI is InChI=1S/C21H24N2O4/c1-12-8-13(2)20-15(9-12)17(24)10-19(27-20)21(25)22-11-16(23(4)5)18-7-6-14(3)26-18/h6-10,16H,11H2,1-5H3,(H,22,25)/t16-/m0/s1. The fraction of sp³-hybridized carbons (Fsp3) is 0.333. The van der Waals surface area contributed by atoms with E-state index in [-0.39, 0.29) is 17.2 Å². The molecule has 0 aliphatic carbocycles. The average molecular weight is 368 g/mol. The van der Waals surface area contributed by atoms with Crippen LogP contribution in [0.1, 0.15) is 39.2 Å². The Morgan fingerprint density at radius 2 is 1.85 bits per heavy atom. The van der Waals surface area contributed by atoms with Crippen LogP contribution < -0.4 is 10.7 Å². The van der Waals surface area contributed by atoms with Gasteiger partial charge in [0.15, 0.2) is 11.2 Å². The molecular formula is C21H24N2O4. The van der Waals surface area contributed by atoms with Crippen molar-refractivity contribution in [2.45, 2.75) is 26.8 Å². The first-order chi connectivity index (χ1) is 12.8. The molecule has 1 N–H and O–H groups in total. The van der Waals surface area contributed by atoms with E-state index in [1.165, 1.54) is 6.07 Å². The van der Waals surface area contributed by atoms with E-state index in [9.17, 15) is 9.59 Å². The zero-order valence-corrected chi connectivity index (χ0v) is 16.3. The molecule has 142 valence electrons. The normalized spacial score (nSPS) is 12.5. The van der Waals surface area contributed by atoms with Gasteiger partial charge < -0.3 is 14.2 Å². The molecule has 0 aliphatic rings. The maximum absolute atomic E-state index is 12.6. The molecule has 1 amide bonds. The number of aryl methyl sites for hydroxylation is 3. The fourth-order valence-corrected chi connectivity index (χ4v) is 3.17. The van der Waals surface area contributed by atoms with Crippen LogP contribution in [0.2, 0.25) is 0 Å². The van der Waals surface area contributed by atoms with E-state index >= 15 is 0 Å². The summed E-state index contributed by atoms with van der Waals surface area (Å²) in [6, 6.07) is 8.61. The highest BCUT2D eigenvalue weighted by atomic mass is 16.3. The molecule has 6 heteroatoms. The van der Waals surface area contributed by atoms with Crippen LogP contribution in [0.5, 0.6) is 0 Å². The van der Waals surface area contributed by atoms with Gasteiger partial charge in [-0.2, -0.15) is 0 Å². The Labute approximate surface area is 157 Å². The lowest BCUT2D eigenvalue weighted by atomic mass is 10.1. The first kappa shape index (κ1) is 18.9. The molecule has 6 nitrogen and oxygen atoms in total. The Hall–Kier alpha value is -2.86. The van der Waals surface area contributed by atoms with Gasteiger partial charge in [-0.1, -0.05) is 6.07 Å². The highest BCUT2D eigenvalue weighted by Crippen LogP contribution is 2.21. The molecule has 1 atom stereocenters. The van der Waals surface area contributed by atoms with Crippen molar-refractivity contribution < 1.29 is 13.6 Å². The van der Waals surface area contributed by atoms with Crippen LogP contribution >= 0.6 is 0 Å². The summed E-state index contributed by atoms with van der Waals surface area (Å²) in [4.78, 5) is 27.0. The van der Waals surface area contributed by atoms with Crippen LogP contribution in [0.3, 0.4) is 0 Å². The molecule has 0 fully saturated rings. The lowest BCUT2D eigenvalue weighted by Gasteiger charge is -2.22. The number of furan rings is 1. The van der Waals surface area contributed by atoms with Gasteiger partial charge in [-0.3, -0.25) is 14.5 Å². The van der Waals surface area contributed by atoms with E-state index in [0.29, 0.717) is 17.5 Å². The molecule has 0 spiro atoms. The van der Waals surface area contributed by atoms with Crippen LogP contribution in [0.4, 0.5) is 0 Å². The molecule has 3 rings (SSSR count). The Morgan fingerprint density at radius 3 is 2.48 bits per heavy atom. The van der Waals surface area contributed by atoms with Crippen molar-refractivity contribution in [1.82, 2.24) is 10.2 Å². The first-order valence-electron chi connectivity index (χ1n) is 8.82. The van der Waals surface area contributed by atoms with E-state index in [2.05, 4.69) is 5.32 Å². The van der Waals surface area contributed by atoms with Crippen LogP contribution in [0, 0.1) is 20.8 Å². The summed E-state index contributed by atoms with van der Waals surface area (Å²) in [6.45, 7) is 5.99. The van der Waals surface area contributed by atoms with E-state index in [1.807, 2.05) is 58.0 Å². The van der Waals surface area contributed by atoms with Crippen molar-refractivity contribution in [3.63, 3.8) is 0 Å². The lowest BCUT2D eigenvalue weighted by Crippen LogP contribution is -2.34. The number of carbonyl (C=O) groups excluding carboxylic acids is 1. The largest absolute Gasteiger partial charge is 0.465 e. The summed E-state index contributed by atoms with van der Waals surface area (Å²) in [5.74, 6) is 1.16. The molecule has 27 heavy (non-hydrogen) atoms. The maximum Gasteiger partial charge on any atom is 0.287 e. The van der Waals surface area contributed by atoms with E-state index in [1.54, 1.807) is 6.07 Å². The summed E-state index contributed by atoms with van der Waals surface area (Å²) < 4.78 is 11.4. The van der Waals surface area contributed by atoms with Crippen molar-refractivity contribution in [2.75, 3.05) is 20.6 Å². The molecule has 1 aromatic carbocycles. The van der Waals surface area contributed by atoms with Crippen LogP contribution in [0.25, 0.3) is 11.0 Å². The zero-order valence-electron chi connectivity index (χ0n) is 16.3. The number of hydrogen-bond acceptors (Lipinski definition) is 5. The quantitative estimate of drug-likeness (QED) is 0.747. The van der Waals surface area contributed by atoms with Crippen molar-refractivity contribution in [3.8, 4) is 0 Å². The fourth-order valence-electron chi connectivity index (χ4n) is 3.17. The van der Waals surface area contributed by atoms with Crippen LogP contribution in [-0.4, -0.2) is 31.4 Å². The molecular weight excluding hydrogens is 344 g/mol. The molecule has 0 aliphatic heterocycles. The summed E-state index contributed by atoms with van der Waals surface area (Å²) in [6.07, 6.45) is 0. The van der Waals surface area contributed by atoms with Gasteiger partial charge >= 0.3 is 0 Å². The summed E-state index contributed by atoms with van der Waals surface area (Å²) >= 11 is 0. The second-order valence-corrected chi connectivity index (χ2v) is 7.07. The second kappa shape index (κ2) is 7.40. The van der Waals surface area contributed by atoms with Gasteiger partial charge in [0.05, 0.1) is 11.4 Å². The second-order valence-electron chi connectivity index (χ2n) is 7.07. The average Bonchev–Trinajstić information content (AvgIpc) is 3.01. The van der Waals surface area contributed by atoms with Gasteiger partial charge in [-0.05, 0) is 64.2 Å². The van der Waals surface area contributed by atoms with E-state index in [4.69, 9.17) is 8.83 Å². The molecule has 0 saturated heterocycles. The van der Waals surface area contributed by atoms with Crippen molar-refractivity contribution in [3.05, 3.63) is 69.0 Å². The van der Waals surface area contributed by atoms with E-state index < -0.39 is 5.91 Å². The maximum atomic E-state index is 12.6. The van der Waals surface area contributed by atoms with Gasteiger partial charge in [0, 0.05) is 12.6 Å². The predicted octanol–water partition coefficient (Wildman–Crippen LogP) is 3.34. The minimum absolute atomic E-state index is 0.00702. The number of rotatable bonds is 5. The Morgan fingerprint density at radius 1 is 1.11 bits per heavy atom. The van der Waals surface area contributed by atoms with Gasteiger partial charge in [0.25, 0.3) is 5.91 Å². The third-order valence-corrected chi connectivity index (χ3v) is 4.55. The Balaban J connectivity index is 1.84. The summed E-state index contributed by atoms with van der Waals surface area (Å²) in [5.41, 5.74) is 2.03. The molecule has 2 aromatic heterocycles. The molecule has 0 radical (unpaired) electrons. The van der Waals surface area contributed by atoms with Crippen molar-refractivity contribution >= 4 is 16.9 Å². The summed E-state index contributed by atoms with van der Waals surface area (Å²) in [5, 5.41) is 3.32. The van der Waals surface area contributed by atoms with Gasteiger partial charge in [0.1, 0.15) is 17.1 Å².